The van der Waals surface area contributed by atoms with Crippen LogP contribution in [0.5, 0.6) is 0 Å². The molecule has 0 bridgehead atoms. The number of amides is 2. The van der Waals surface area contributed by atoms with Gasteiger partial charge in [0.15, 0.2) is 0 Å². The van der Waals surface area contributed by atoms with E-state index < -0.39 is 42.5 Å². The van der Waals surface area contributed by atoms with E-state index in [9.17, 15) is 19.2 Å². The van der Waals surface area contributed by atoms with Gasteiger partial charge in [-0.15, -0.1) is 0 Å². The molecule has 0 aliphatic rings. The van der Waals surface area contributed by atoms with E-state index in [1.165, 1.54) is 18.5 Å². The van der Waals surface area contributed by atoms with Crippen molar-refractivity contribution in [1.82, 2.24) is 14.9 Å². The van der Waals surface area contributed by atoms with Crippen molar-refractivity contribution < 1.29 is 19.5 Å². The molecule has 1 unspecified atom stereocenters. The van der Waals surface area contributed by atoms with Crippen LogP contribution >= 0.6 is 0 Å². The zero-order valence-electron chi connectivity index (χ0n) is 9.78. The first-order chi connectivity index (χ1) is 8.90. The Morgan fingerprint density at radius 3 is 2.68 bits per heavy atom. The SMILES string of the molecule is NC(=O)CC(NC(=O)Cn1cccnc1=O)C(=O)O. The van der Waals surface area contributed by atoms with Gasteiger partial charge in [0.05, 0.1) is 6.42 Å². The van der Waals surface area contributed by atoms with Gasteiger partial charge in [-0.1, -0.05) is 0 Å². The summed E-state index contributed by atoms with van der Waals surface area (Å²) in [5.41, 5.74) is 4.23. The number of carboxylic acids is 1. The van der Waals surface area contributed by atoms with Gasteiger partial charge in [0.2, 0.25) is 11.8 Å². The van der Waals surface area contributed by atoms with E-state index in [2.05, 4.69) is 10.3 Å². The standard InChI is InChI=1S/C10H12N4O5/c11-7(15)4-6(9(17)18)13-8(16)5-14-3-1-2-12-10(14)19/h1-3,6H,4-5H2,(H2,11,15)(H,13,16)(H,17,18). The predicted octanol–water partition coefficient (Wildman–Crippen LogP) is -2.31. The molecular formula is C10H12N4O5. The fourth-order valence-corrected chi connectivity index (χ4v) is 1.30. The second-order valence-electron chi connectivity index (χ2n) is 3.66. The summed E-state index contributed by atoms with van der Waals surface area (Å²) in [4.78, 5) is 47.6. The van der Waals surface area contributed by atoms with Gasteiger partial charge < -0.3 is 16.2 Å². The molecule has 1 rings (SSSR count). The lowest BCUT2D eigenvalue weighted by atomic mass is 10.2. The number of hydrogen-bond donors (Lipinski definition) is 3. The van der Waals surface area contributed by atoms with E-state index in [-0.39, 0.29) is 0 Å². The van der Waals surface area contributed by atoms with Crippen molar-refractivity contribution in [2.45, 2.75) is 19.0 Å². The summed E-state index contributed by atoms with van der Waals surface area (Å²) in [5.74, 6) is -2.97. The number of carboxylic acid groups (broad SMARTS) is 1. The highest BCUT2D eigenvalue weighted by Crippen LogP contribution is 1.92. The number of nitrogens with two attached hydrogens (primary N) is 1. The molecule has 0 aromatic carbocycles. The van der Waals surface area contributed by atoms with Gasteiger partial charge in [0.1, 0.15) is 12.6 Å². The van der Waals surface area contributed by atoms with Gasteiger partial charge in [-0.25, -0.2) is 14.6 Å². The first kappa shape index (κ1) is 14.4. The lowest BCUT2D eigenvalue weighted by molar-refractivity contribution is -0.143. The number of nitrogens with zero attached hydrogens (tertiary/aromatic N) is 2. The van der Waals surface area contributed by atoms with Crippen LogP contribution < -0.4 is 16.7 Å². The Morgan fingerprint density at radius 2 is 2.16 bits per heavy atom. The molecule has 0 saturated carbocycles. The van der Waals surface area contributed by atoms with Gasteiger partial charge in [-0.3, -0.25) is 14.2 Å². The average molecular weight is 268 g/mol. The first-order valence-electron chi connectivity index (χ1n) is 5.22. The molecule has 9 heteroatoms. The quantitative estimate of drug-likeness (QED) is 0.528. The van der Waals surface area contributed by atoms with E-state index in [4.69, 9.17) is 10.8 Å². The fourth-order valence-electron chi connectivity index (χ4n) is 1.30. The molecule has 102 valence electrons. The molecule has 1 atom stereocenters. The van der Waals surface area contributed by atoms with Crippen molar-refractivity contribution in [3.8, 4) is 0 Å². The van der Waals surface area contributed by atoms with Crippen LogP contribution in [0.15, 0.2) is 23.3 Å². The largest absolute Gasteiger partial charge is 0.480 e. The Bertz CT molecular complexity index is 553. The minimum absolute atomic E-state index is 0.394. The van der Waals surface area contributed by atoms with Crippen molar-refractivity contribution >= 4 is 17.8 Å². The Hall–Kier alpha value is -2.71. The molecule has 1 aromatic rings. The number of primary amides is 1. The maximum absolute atomic E-state index is 11.5. The number of hydrogen-bond acceptors (Lipinski definition) is 5. The number of carbonyl (C=O) groups is 3. The lowest BCUT2D eigenvalue weighted by Gasteiger charge is -2.13. The van der Waals surface area contributed by atoms with Gasteiger partial charge in [-0.2, -0.15) is 0 Å². The molecule has 0 saturated heterocycles. The molecule has 9 nitrogen and oxygen atoms in total. The summed E-state index contributed by atoms with van der Waals surface area (Å²) >= 11 is 0. The summed E-state index contributed by atoms with van der Waals surface area (Å²) in [7, 11) is 0. The van der Waals surface area contributed by atoms with Crippen LogP contribution in [0.25, 0.3) is 0 Å². The molecule has 19 heavy (non-hydrogen) atoms. The molecular weight excluding hydrogens is 256 g/mol. The molecule has 0 radical (unpaired) electrons. The summed E-state index contributed by atoms with van der Waals surface area (Å²) in [6, 6.07) is 0.0321. The third-order valence-corrected chi connectivity index (χ3v) is 2.14. The maximum Gasteiger partial charge on any atom is 0.347 e. The van der Waals surface area contributed by atoms with Crippen LogP contribution in [0.2, 0.25) is 0 Å². The maximum atomic E-state index is 11.5. The Balaban J connectivity index is 2.68. The Morgan fingerprint density at radius 1 is 1.47 bits per heavy atom. The second-order valence-corrected chi connectivity index (χ2v) is 3.66. The lowest BCUT2D eigenvalue weighted by Crippen LogP contribution is -2.45. The van der Waals surface area contributed by atoms with Crippen LogP contribution in [0.1, 0.15) is 6.42 Å². The highest BCUT2D eigenvalue weighted by atomic mass is 16.4. The normalized spacial score (nSPS) is 11.6. The summed E-state index contributed by atoms with van der Waals surface area (Å²) in [6.07, 6.45) is 2.08. The molecule has 1 aromatic heterocycles. The highest BCUT2D eigenvalue weighted by molar-refractivity contribution is 5.88. The molecule has 0 fully saturated rings. The van der Waals surface area contributed by atoms with Gasteiger partial charge in [-0.05, 0) is 6.07 Å². The number of aromatic nitrogens is 2. The van der Waals surface area contributed by atoms with Crippen LogP contribution in [0.4, 0.5) is 0 Å². The van der Waals surface area contributed by atoms with Crippen molar-refractivity contribution in [3.05, 3.63) is 28.9 Å². The topological polar surface area (TPSA) is 144 Å². The van der Waals surface area contributed by atoms with Gasteiger partial charge in [0, 0.05) is 12.4 Å². The Labute approximate surface area is 107 Å². The van der Waals surface area contributed by atoms with Crippen LogP contribution in [0, 0.1) is 0 Å². The second kappa shape index (κ2) is 6.28. The van der Waals surface area contributed by atoms with Gasteiger partial charge in [0.25, 0.3) is 0 Å². The zero-order valence-corrected chi connectivity index (χ0v) is 9.78. The molecule has 4 N–H and O–H groups in total. The molecule has 0 aliphatic carbocycles. The molecule has 1 heterocycles. The number of rotatable bonds is 6. The van der Waals surface area contributed by atoms with Gasteiger partial charge >= 0.3 is 11.7 Å². The zero-order chi connectivity index (χ0) is 14.4. The monoisotopic (exact) mass is 268 g/mol. The third kappa shape index (κ3) is 4.58. The third-order valence-electron chi connectivity index (χ3n) is 2.14. The van der Waals surface area contributed by atoms with E-state index in [1.807, 2.05) is 0 Å². The van der Waals surface area contributed by atoms with E-state index >= 15 is 0 Å². The van der Waals surface area contributed by atoms with Crippen LogP contribution in [-0.2, 0) is 20.9 Å². The van der Waals surface area contributed by atoms with Crippen molar-refractivity contribution in [3.63, 3.8) is 0 Å². The summed E-state index contributed by atoms with van der Waals surface area (Å²) in [5, 5.41) is 10.9. The minimum Gasteiger partial charge on any atom is -0.480 e. The number of nitrogens with one attached hydrogen (secondary N) is 1. The predicted molar refractivity (Wildman–Crippen MR) is 61.9 cm³/mol. The Kier molecular flexibility index (Phi) is 4.75. The van der Waals surface area contributed by atoms with Crippen LogP contribution in [0.3, 0.4) is 0 Å². The molecule has 0 spiro atoms. The van der Waals surface area contributed by atoms with Crippen molar-refractivity contribution in [1.29, 1.82) is 0 Å². The number of aliphatic carboxylic acids is 1. The fraction of sp³-hybridized carbons (Fsp3) is 0.300. The van der Waals surface area contributed by atoms with Crippen molar-refractivity contribution in [2.75, 3.05) is 0 Å². The first-order valence-corrected chi connectivity index (χ1v) is 5.22. The van der Waals surface area contributed by atoms with Crippen LogP contribution in [-0.4, -0.2) is 38.5 Å². The smallest absolute Gasteiger partial charge is 0.347 e. The van der Waals surface area contributed by atoms with E-state index in [0.29, 0.717) is 0 Å². The molecule has 0 aliphatic heterocycles. The molecule has 2 amide bonds. The number of carbonyl (C=O) groups excluding carboxylic acids is 2. The summed E-state index contributed by atoms with van der Waals surface area (Å²) < 4.78 is 0.999. The minimum atomic E-state index is -1.42. The highest BCUT2D eigenvalue weighted by Gasteiger charge is 2.22. The van der Waals surface area contributed by atoms with E-state index in [0.717, 1.165) is 4.57 Å². The van der Waals surface area contributed by atoms with E-state index in [1.54, 1.807) is 0 Å². The summed E-state index contributed by atoms with van der Waals surface area (Å²) in [6.45, 7) is -0.394. The average Bonchev–Trinajstić information content (AvgIpc) is 2.30. The van der Waals surface area contributed by atoms with Crippen molar-refractivity contribution in [2.24, 2.45) is 5.73 Å².